The van der Waals surface area contributed by atoms with Gasteiger partial charge in [0.25, 0.3) is 0 Å². The molecule has 2 saturated heterocycles. The first kappa shape index (κ1) is 13.3. The first-order chi connectivity index (χ1) is 8.54. The zero-order valence-corrected chi connectivity index (χ0v) is 11.2. The molecule has 2 aliphatic heterocycles. The van der Waals surface area contributed by atoms with Crippen LogP contribution in [-0.4, -0.2) is 49.1 Å². The lowest BCUT2D eigenvalue weighted by molar-refractivity contribution is -0.144. The molecule has 0 bridgehead atoms. The molecule has 2 atom stereocenters. The van der Waals surface area contributed by atoms with Crippen LogP contribution in [0, 0.1) is 5.92 Å². The first-order valence-electron chi connectivity index (χ1n) is 6.65. The predicted octanol–water partition coefficient (Wildman–Crippen LogP) is 0.540. The standard InChI is InChI=1S/C13H22N2O3/c1-13(18-2)6-3-7-15(9-13)12(17)10-4-5-11(16)14-8-10/h10H,3-9H2,1-2H3,(H,14,16). The minimum atomic E-state index is -0.216. The molecular formula is C13H22N2O3. The van der Waals surface area contributed by atoms with Gasteiger partial charge in [0.1, 0.15) is 0 Å². The van der Waals surface area contributed by atoms with Crippen LogP contribution in [0.2, 0.25) is 0 Å². The van der Waals surface area contributed by atoms with Crippen LogP contribution in [0.4, 0.5) is 0 Å². The van der Waals surface area contributed by atoms with Gasteiger partial charge in [0.2, 0.25) is 11.8 Å². The zero-order chi connectivity index (χ0) is 13.2. The smallest absolute Gasteiger partial charge is 0.227 e. The summed E-state index contributed by atoms with van der Waals surface area (Å²) in [6, 6.07) is 0. The van der Waals surface area contributed by atoms with Crippen LogP contribution in [0.5, 0.6) is 0 Å². The molecule has 18 heavy (non-hydrogen) atoms. The van der Waals surface area contributed by atoms with E-state index in [1.807, 2.05) is 4.90 Å². The largest absolute Gasteiger partial charge is 0.377 e. The average Bonchev–Trinajstić information content (AvgIpc) is 2.39. The molecule has 5 heteroatoms. The van der Waals surface area contributed by atoms with Crippen molar-refractivity contribution in [3.8, 4) is 0 Å². The SMILES string of the molecule is COC1(C)CCCN(C(=O)C2CCC(=O)NC2)C1. The molecule has 0 aliphatic carbocycles. The Bertz CT molecular complexity index is 335. The third kappa shape index (κ3) is 2.83. The highest BCUT2D eigenvalue weighted by Crippen LogP contribution is 2.26. The Morgan fingerprint density at radius 2 is 2.33 bits per heavy atom. The predicted molar refractivity (Wildman–Crippen MR) is 67.0 cm³/mol. The highest BCUT2D eigenvalue weighted by atomic mass is 16.5. The molecule has 0 spiro atoms. The molecule has 102 valence electrons. The van der Waals surface area contributed by atoms with Gasteiger partial charge < -0.3 is 15.0 Å². The highest BCUT2D eigenvalue weighted by molar-refractivity contribution is 5.83. The van der Waals surface area contributed by atoms with Crippen molar-refractivity contribution in [2.45, 2.75) is 38.2 Å². The lowest BCUT2D eigenvalue weighted by Crippen LogP contribution is -2.53. The Hall–Kier alpha value is -1.10. The fourth-order valence-corrected chi connectivity index (χ4v) is 2.76. The van der Waals surface area contributed by atoms with E-state index in [-0.39, 0.29) is 23.3 Å². The van der Waals surface area contributed by atoms with Gasteiger partial charge in [-0.3, -0.25) is 9.59 Å². The van der Waals surface area contributed by atoms with Gasteiger partial charge in [0.15, 0.2) is 0 Å². The van der Waals surface area contributed by atoms with Crippen molar-refractivity contribution in [1.82, 2.24) is 10.2 Å². The molecule has 0 saturated carbocycles. The van der Waals surface area contributed by atoms with E-state index in [1.54, 1.807) is 7.11 Å². The molecule has 0 aromatic rings. The minimum absolute atomic E-state index is 0.0538. The number of rotatable bonds is 2. The van der Waals surface area contributed by atoms with Gasteiger partial charge in [-0.25, -0.2) is 0 Å². The topological polar surface area (TPSA) is 58.6 Å². The normalized spacial score (nSPS) is 33.1. The summed E-state index contributed by atoms with van der Waals surface area (Å²) in [5.74, 6) is 0.166. The quantitative estimate of drug-likeness (QED) is 0.782. The summed E-state index contributed by atoms with van der Waals surface area (Å²) in [6.45, 7) is 4.00. The highest BCUT2D eigenvalue weighted by Gasteiger charge is 2.36. The summed E-state index contributed by atoms with van der Waals surface area (Å²) in [5, 5.41) is 2.77. The second-order valence-corrected chi connectivity index (χ2v) is 5.56. The van der Waals surface area contributed by atoms with Crippen molar-refractivity contribution in [3.63, 3.8) is 0 Å². The summed E-state index contributed by atoms with van der Waals surface area (Å²) in [6.07, 6.45) is 3.11. The maximum absolute atomic E-state index is 12.4. The monoisotopic (exact) mass is 254 g/mol. The lowest BCUT2D eigenvalue weighted by atomic mass is 9.92. The minimum Gasteiger partial charge on any atom is -0.377 e. The van der Waals surface area contributed by atoms with Gasteiger partial charge in [-0.05, 0) is 26.2 Å². The Morgan fingerprint density at radius 1 is 1.56 bits per heavy atom. The van der Waals surface area contributed by atoms with Crippen molar-refractivity contribution in [1.29, 1.82) is 0 Å². The van der Waals surface area contributed by atoms with Crippen LogP contribution >= 0.6 is 0 Å². The lowest BCUT2D eigenvalue weighted by Gasteiger charge is -2.41. The van der Waals surface area contributed by atoms with E-state index >= 15 is 0 Å². The Balaban J connectivity index is 1.94. The van der Waals surface area contributed by atoms with Gasteiger partial charge in [-0.1, -0.05) is 0 Å². The van der Waals surface area contributed by atoms with Crippen LogP contribution in [0.25, 0.3) is 0 Å². The van der Waals surface area contributed by atoms with E-state index in [0.717, 1.165) is 19.4 Å². The maximum Gasteiger partial charge on any atom is 0.227 e. The van der Waals surface area contributed by atoms with Crippen LogP contribution in [-0.2, 0) is 14.3 Å². The number of carbonyl (C=O) groups excluding carboxylic acids is 2. The van der Waals surface area contributed by atoms with E-state index in [0.29, 0.717) is 25.9 Å². The number of methoxy groups -OCH3 is 1. The van der Waals surface area contributed by atoms with Crippen molar-refractivity contribution in [2.75, 3.05) is 26.7 Å². The molecule has 2 fully saturated rings. The average molecular weight is 254 g/mol. The van der Waals surface area contributed by atoms with Gasteiger partial charge in [-0.2, -0.15) is 0 Å². The number of likely N-dealkylation sites (tertiary alicyclic amines) is 1. The fraction of sp³-hybridized carbons (Fsp3) is 0.846. The third-order valence-corrected chi connectivity index (χ3v) is 4.08. The summed E-state index contributed by atoms with van der Waals surface area (Å²) in [4.78, 5) is 25.4. The van der Waals surface area contributed by atoms with E-state index < -0.39 is 0 Å². The van der Waals surface area contributed by atoms with Gasteiger partial charge in [0, 0.05) is 33.2 Å². The van der Waals surface area contributed by atoms with Crippen molar-refractivity contribution in [2.24, 2.45) is 5.92 Å². The number of piperidine rings is 2. The molecule has 0 radical (unpaired) electrons. The number of carbonyl (C=O) groups is 2. The zero-order valence-electron chi connectivity index (χ0n) is 11.2. The van der Waals surface area contributed by atoms with Crippen LogP contribution in [0.1, 0.15) is 32.6 Å². The Morgan fingerprint density at radius 3 is 2.94 bits per heavy atom. The van der Waals surface area contributed by atoms with Crippen molar-refractivity contribution in [3.05, 3.63) is 0 Å². The van der Waals surface area contributed by atoms with Crippen molar-refractivity contribution < 1.29 is 14.3 Å². The van der Waals surface area contributed by atoms with E-state index in [9.17, 15) is 9.59 Å². The summed E-state index contributed by atoms with van der Waals surface area (Å²) in [5.41, 5.74) is -0.216. The second-order valence-electron chi connectivity index (χ2n) is 5.56. The van der Waals surface area contributed by atoms with Crippen molar-refractivity contribution >= 4 is 11.8 Å². The van der Waals surface area contributed by atoms with Crippen LogP contribution < -0.4 is 5.32 Å². The molecule has 2 aliphatic rings. The Labute approximate surface area is 108 Å². The third-order valence-electron chi connectivity index (χ3n) is 4.08. The van der Waals surface area contributed by atoms with E-state index in [4.69, 9.17) is 4.74 Å². The van der Waals surface area contributed by atoms with Gasteiger partial charge >= 0.3 is 0 Å². The van der Waals surface area contributed by atoms with Crippen LogP contribution in [0.3, 0.4) is 0 Å². The van der Waals surface area contributed by atoms with Gasteiger partial charge in [0.05, 0.1) is 11.5 Å². The number of nitrogens with one attached hydrogen (secondary N) is 1. The molecular weight excluding hydrogens is 232 g/mol. The molecule has 2 heterocycles. The molecule has 2 amide bonds. The summed E-state index contributed by atoms with van der Waals surface area (Å²) >= 11 is 0. The molecule has 1 N–H and O–H groups in total. The second kappa shape index (κ2) is 5.26. The summed E-state index contributed by atoms with van der Waals surface area (Å²) < 4.78 is 5.50. The maximum atomic E-state index is 12.4. The number of amides is 2. The number of nitrogens with zero attached hydrogens (tertiary/aromatic N) is 1. The molecule has 0 aromatic heterocycles. The van der Waals surface area contributed by atoms with E-state index in [1.165, 1.54) is 0 Å². The molecule has 0 aromatic carbocycles. The van der Waals surface area contributed by atoms with Gasteiger partial charge in [-0.15, -0.1) is 0 Å². The molecule has 2 rings (SSSR count). The first-order valence-corrected chi connectivity index (χ1v) is 6.65. The fourth-order valence-electron chi connectivity index (χ4n) is 2.76. The molecule has 5 nitrogen and oxygen atoms in total. The number of hydrogen-bond acceptors (Lipinski definition) is 3. The summed E-state index contributed by atoms with van der Waals surface area (Å²) in [7, 11) is 1.70. The number of ether oxygens (including phenoxy) is 1. The number of hydrogen-bond donors (Lipinski definition) is 1. The van der Waals surface area contributed by atoms with Crippen LogP contribution in [0.15, 0.2) is 0 Å². The molecule has 2 unspecified atom stereocenters. The van der Waals surface area contributed by atoms with E-state index in [2.05, 4.69) is 12.2 Å². The Kier molecular flexibility index (Phi) is 3.90.